The number of cyclic esters (lactones) is 1. The van der Waals surface area contributed by atoms with E-state index >= 15 is 0 Å². The zero-order valence-corrected chi connectivity index (χ0v) is 13.8. The van der Waals surface area contributed by atoms with Crippen LogP contribution in [-0.2, 0) is 19.1 Å². The molecule has 2 aliphatic heterocycles. The normalized spacial score (nSPS) is 28.7. The van der Waals surface area contributed by atoms with Gasteiger partial charge in [-0.2, -0.15) is 0 Å². The predicted molar refractivity (Wildman–Crippen MR) is 87.6 cm³/mol. The average molecular weight is 334 g/mol. The van der Waals surface area contributed by atoms with Gasteiger partial charge in [-0.15, -0.1) is 0 Å². The maximum Gasteiger partial charge on any atom is 0.332 e. The van der Waals surface area contributed by atoms with Crippen LogP contribution in [0.1, 0.15) is 20.3 Å². The number of benzene rings is 1. The van der Waals surface area contributed by atoms with Gasteiger partial charge in [0, 0.05) is 6.42 Å². The summed E-state index contributed by atoms with van der Waals surface area (Å²) in [5.41, 5.74) is 0.721. The summed E-state index contributed by atoms with van der Waals surface area (Å²) in [7, 11) is 0. The first-order valence-electron chi connectivity index (χ1n) is 7.46. The number of thioether (sulfide) groups is 1. The fraction of sp³-hybridized carbons (Fsp3) is 0.438. The van der Waals surface area contributed by atoms with Crippen LogP contribution in [0.4, 0.5) is 5.69 Å². The van der Waals surface area contributed by atoms with Crippen molar-refractivity contribution in [1.82, 2.24) is 5.32 Å². The van der Waals surface area contributed by atoms with Crippen molar-refractivity contribution in [2.45, 2.75) is 37.2 Å². The number of ether oxygens (including phenoxy) is 2. The van der Waals surface area contributed by atoms with Crippen LogP contribution in [0.25, 0.3) is 0 Å². The van der Waals surface area contributed by atoms with Crippen molar-refractivity contribution in [3.8, 4) is 0 Å². The summed E-state index contributed by atoms with van der Waals surface area (Å²) in [4.78, 5) is 29.0. The van der Waals surface area contributed by atoms with Crippen molar-refractivity contribution in [1.29, 1.82) is 0 Å². The molecule has 0 aliphatic carbocycles. The monoisotopic (exact) mass is 334 g/mol. The molecule has 122 valence electrons. The number of hydrogen-bond acceptors (Lipinski definition) is 6. The van der Waals surface area contributed by atoms with E-state index in [9.17, 15) is 9.59 Å². The molecule has 1 aromatic rings. The molecular weight excluding hydrogens is 316 g/mol. The van der Waals surface area contributed by atoms with Gasteiger partial charge in [0.05, 0.1) is 18.4 Å². The number of carbonyl (C=O) groups is 2. The minimum absolute atomic E-state index is 0.0468. The Morgan fingerprint density at radius 3 is 2.83 bits per heavy atom. The molecule has 2 unspecified atom stereocenters. The third kappa shape index (κ3) is 3.25. The maximum absolute atomic E-state index is 12.3. The van der Waals surface area contributed by atoms with Crippen molar-refractivity contribution in [3.63, 3.8) is 0 Å². The van der Waals surface area contributed by atoms with Crippen LogP contribution in [0.5, 0.6) is 0 Å². The zero-order chi connectivity index (χ0) is 16.4. The minimum Gasteiger partial charge on any atom is -0.458 e. The van der Waals surface area contributed by atoms with Crippen molar-refractivity contribution < 1.29 is 19.1 Å². The zero-order valence-electron chi connectivity index (χ0n) is 12.9. The van der Waals surface area contributed by atoms with Gasteiger partial charge in [-0.3, -0.25) is 4.79 Å². The Kier molecular flexibility index (Phi) is 4.41. The van der Waals surface area contributed by atoms with Gasteiger partial charge in [0.1, 0.15) is 6.10 Å². The molecular formula is C16H18N2O4S. The van der Waals surface area contributed by atoms with E-state index in [2.05, 4.69) is 10.3 Å². The molecule has 1 N–H and O–H groups in total. The Labute approximate surface area is 138 Å². The number of rotatable bonds is 4. The summed E-state index contributed by atoms with van der Waals surface area (Å²) in [6.07, 6.45) is -0.0622. The lowest BCUT2D eigenvalue weighted by Gasteiger charge is -2.13. The van der Waals surface area contributed by atoms with E-state index in [4.69, 9.17) is 9.47 Å². The lowest BCUT2D eigenvalue weighted by Crippen LogP contribution is -2.40. The SMILES string of the molecule is CC(C)OCC1CC2(SC(=Nc3ccccc3)NC2=O)C(=O)O1. The molecule has 1 spiro atoms. The number of para-hydroxylation sites is 1. The molecule has 23 heavy (non-hydrogen) atoms. The molecule has 7 heteroatoms. The van der Waals surface area contributed by atoms with Crippen LogP contribution < -0.4 is 5.32 Å². The smallest absolute Gasteiger partial charge is 0.332 e. The average Bonchev–Trinajstić information content (AvgIpc) is 2.99. The van der Waals surface area contributed by atoms with Gasteiger partial charge in [-0.25, -0.2) is 9.79 Å². The van der Waals surface area contributed by atoms with E-state index in [0.29, 0.717) is 18.2 Å². The van der Waals surface area contributed by atoms with Crippen LogP contribution in [0.2, 0.25) is 0 Å². The summed E-state index contributed by atoms with van der Waals surface area (Å²) >= 11 is 1.13. The predicted octanol–water partition coefficient (Wildman–Crippen LogP) is 2.02. The first kappa shape index (κ1) is 16.0. The number of amidine groups is 1. The number of esters is 1. The highest BCUT2D eigenvalue weighted by Gasteiger charge is 2.60. The maximum atomic E-state index is 12.3. The molecule has 0 saturated carbocycles. The largest absolute Gasteiger partial charge is 0.458 e. The molecule has 3 rings (SSSR count). The minimum atomic E-state index is -1.24. The number of aliphatic imine (C=N–C) groups is 1. The fourth-order valence-corrected chi connectivity index (χ4v) is 3.63. The molecule has 2 atom stereocenters. The second-order valence-electron chi connectivity index (χ2n) is 5.75. The van der Waals surface area contributed by atoms with Crippen LogP contribution in [0, 0.1) is 0 Å². The van der Waals surface area contributed by atoms with Gasteiger partial charge in [0.25, 0.3) is 5.91 Å². The summed E-state index contributed by atoms with van der Waals surface area (Å²) in [5, 5.41) is 3.10. The Bertz CT molecular complexity index is 647. The summed E-state index contributed by atoms with van der Waals surface area (Å²) in [5.74, 6) is -0.884. The number of amides is 1. The van der Waals surface area contributed by atoms with Gasteiger partial charge in [-0.05, 0) is 26.0 Å². The molecule has 6 nitrogen and oxygen atoms in total. The summed E-state index contributed by atoms with van der Waals surface area (Å²) < 4.78 is 9.57. The summed E-state index contributed by atoms with van der Waals surface area (Å²) in [6.45, 7) is 4.12. The Balaban J connectivity index is 1.74. The molecule has 2 aliphatic rings. The second kappa shape index (κ2) is 6.33. The standard InChI is InChI=1S/C16H18N2O4S/c1-10(2)21-9-12-8-16(14(20)22-12)13(19)18-15(23-16)17-11-6-4-3-5-7-11/h3-7,10,12H,8-9H2,1-2H3,(H,17,18,19). The Morgan fingerprint density at radius 2 is 2.13 bits per heavy atom. The van der Waals surface area contributed by atoms with Crippen molar-refractivity contribution in [2.24, 2.45) is 4.99 Å². The fourth-order valence-electron chi connectivity index (χ4n) is 2.46. The van der Waals surface area contributed by atoms with Gasteiger partial charge >= 0.3 is 5.97 Å². The van der Waals surface area contributed by atoms with Gasteiger partial charge < -0.3 is 14.8 Å². The summed E-state index contributed by atoms with van der Waals surface area (Å²) in [6, 6.07) is 9.27. The van der Waals surface area contributed by atoms with E-state index < -0.39 is 16.8 Å². The van der Waals surface area contributed by atoms with E-state index in [1.165, 1.54) is 0 Å². The van der Waals surface area contributed by atoms with E-state index in [1.807, 2.05) is 44.2 Å². The quantitative estimate of drug-likeness (QED) is 0.673. The Hall–Kier alpha value is -1.86. The number of nitrogens with one attached hydrogen (secondary N) is 1. The van der Waals surface area contributed by atoms with E-state index in [0.717, 1.165) is 17.4 Å². The van der Waals surface area contributed by atoms with E-state index in [1.54, 1.807) is 0 Å². The third-order valence-electron chi connectivity index (χ3n) is 3.58. The number of nitrogens with zero attached hydrogens (tertiary/aromatic N) is 1. The van der Waals surface area contributed by atoms with Gasteiger partial charge in [-0.1, -0.05) is 30.0 Å². The van der Waals surface area contributed by atoms with Crippen LogP contribution >= 0.6 is 11.8 Å². The van der Waals surface area contributed by atoms with Crippen molar-refractivity contribution >= 4 is 34.5 Å². The molecule has 0 aromatic heterocycles. The molecule has 2 saturated heterocycles. The van der Waals surface area contributed by atoms with E-state index in [-0.39, 0.29) is 12.0 Å². The number of carbonyl (C=O) groups excluding carboxylic acids is 2. The van der Waals surface area contributed by atoms with Crippen LogP contribution in [0.3, 0.4) is 0 Å². The highest BCUT2D eigenvalue weighted by Crippen LogP contribution is 2.43. The number of hydrogen-bond donors (Lipinski definition) is 1. The highest BCUT2D eigenvalue weighted by molar-refractivity contribution is 8.17. The van der Waals surface area contributed by atoms with Crippen molar-refractivity contribution in [2.75, 3.05) is 6.61 Å². The highest BCUT2D eigenvalue weighted by atomic mass is 32.2. The Morgan fingerprint density at radius 1 is 1.39 bits per heavy atom. The molecule has 1 aromatic carbocycles. The third-order valence-corrected chi connectivity index (χ3v) is 4.83. The lowest BCUT2D eigenvalue weighted by atomic mass is 10.0. The van der Waals surface area contributed by atoms with Crippen LogP contribution in [-0.4, -0.2) is 40.6 Å². The molecule has 2 heterocycles. The second-order valence-corrected chi connectivity index (χ2v) is 7.04. The van der Waals surface area contributed by atoms with Gasteiger partial charge in [0.2, 0.25) is 4.75 Å². The van der Waals surface area contributed by atoms with Crippen molar-refractivity contribution in [3.05, 3.63) is 30.3 Å². The topological polar surface area (TPSA) is 77.0 Å². The molecule has 0 radical (unpaired) electrons. The molecule has 1 amide bonds. The lowest BCUT2D eigenvalue weighted by molar-refractivity contribution is -0.147. The molecule has 0 bridgehead atoms. The first-order chi connectivity index (χ1) is 11.0. The first-order valence-corrected chi connectivity index (χ1v) is 8.28. The van der Waals surface area contributed by atoms with Gasteiger partial charge in [0.15, 0.2) is 5.17 Å². The molecule has 2 fully saturated rings. The van der Waals surface area contributed by atoms with Crippen LogP contribution in [0.15, 0.2) is 35.3 Å².